The van der Waals surface area contributed by atoms with Gasteiger partial charge in [-0.15, -0.1) is 0 Å². The van der Waals surface area contributed by atoms with E-state index in [-0.39, 0.29) is 0 Å². The normalized spacial score (nSPS) is 11.4. The van der Waals surface area contributed by atoms with Crippen molar-refractivity contribution >= 4 is 10.8 Å². The van der Waals surface area contributed by atoms with E-state index < -0.39 is 0 Å². The summed E-state index contributed by atoms with van der Waals surface area (Å²) in [6.45, 7) is 6.01. The fourth-order valence-electron chi connectivity index (χ4n) is 2.34. The largest absolute Gasteiger partial charge is 0.439 e. The van der Waals surface area contributed by atoms with E-state index in [0.29, 0.717) is 12.5 Å². The van der Waals surface area contributed by atoms with Crippen LogP contribution in [-0.2, 0) is 6.54 Å². The molecule has 3 heteroatoms. The van der Waals surface area contributed by atoms with Crippen LogP contribution in [0.5, 0.6) is 0 Å². The first-order valence-corrected chi connectivity index (χ1v) is 7.37. The van der Waals surface area contributed by atoms with Gasteiger partial charge in [0.25, 0.3) is 0 Å². The third kappa shape index (κ3) is 3.31. The predicted octanol–water partition coefficient (Wildman–Crippen LogP) is 4.24. The number of aromatic nitrogens is 1. The number of oxazole rings is 1. The maximum Gasteiger partial charge on any atom is 0.208 e. The molecule has 3 rings (SSSR count). The van der Waals surface area contributed by atoms with Gasteiger partial charge in [-0.3, -0.25) is 0 Å². The second-order valence-corrected chi connectivity index (χ2v) is 5.70. The zero-order valence-electron chi connectivity index (χ0n) is 12.5. The summed E-state index contributed by atoms with van der Waals surface area (Å²) in [5, 5.41) is 5.79. The van der Waals surface area contributed by atoms with E-state index in [9.17, 15) is 0 Å². The Morgan fingerprint density at radius 2 is 1.90 bits per heavy atom. The SMILES string of the molecule is CC(C)CNCc1ncc(-c2ccc3ccccc3c2)o1. The molecule has 0 aliphatic heterocycles. The highest BCUT2D eigenvalue weighted by molar-refractivity contribution is 5.86. The van der Waals surface area contributed by atoms with E-state index in [1.807, 2.05) is 6.07 Å². The molecule has 1 heterocycles. The van der Waals surface area contributed by atoms with Crippen LogP contribution >= 0.6 is 0 Å². The summed E-state index contributed by atoms with van der Waals surface area (Å²) in [6.07, 6.45) is 1.80. The molecule has 21 heavy (non-hydrogen) atoms. The minimum atomic E-state index is 0.625. The van der Waals surface area contributed by atoms with Crippen LogP contribution in [0.25, 0.3) is 22.1 Å². The van der Waals surface area contributed by atoms with Crippen LogP contribution < -0.4 is 5.32 Å². The number of benzene rings is 2. The van der Waals surface area contributed by atoms with Crippen molar-refractivity contribution in [1.29, 1.82) is 0 Å². The molecule has 0 saturated carbocycles. The molecular weight excluding hydrogens is 260 g/mol. The predicted molar refractivity (Wildman–Crippen MR) is 86.0 cm³/mol. The summed E-state index contributed by atoms with van der Waals surface area (Å²) in [7, 11) is 0. The topological polar surface area (TPSA) is 38.1 Å². The van der Waals surface area contributed by atoms with Gasteiger partial charge in [0.15, 0.2) is 5.76 Å². The molecule has 3 nitrogen and oxygen atoms in total. The zero-order chi connectivity index (χ0) is 14.7. The minimum absolute atomic E-state index is 0.625. The Bertz CT molecular complexity index is 731. The van der Waals surface area contributed by atoms with E-state index in [1.165, 1.54) is 10.8 Å². The van der Waals surface area contributed by atoms with Gasteiger partial charge in [0.2, 0.25) is 5.89 Å². The van der Waals surface area contributed by atoms with Gasteiger partial charge in [0.05, 0.1) is 12.7 Å². The van der Waals surface area contributed by atoms with E-state index in [1.54, 1.807) is 6.20 Å². The second kappa shape index (κ2) is 6.10. The van der Waals surface area contributed by atoms with Crippen LogP contribution in [0, 0.1) is 5.92 Å². The number of hydrogen-bond donors (Lipinski definition) is 1. The average Bonchev–Trinajstić information content (AvgIpc) is 2.95. The highest BCUT2D eigenvalue weighted by Gasteiger charge is 2.07. The van der Waals surface area contributed by atoms with Gasteiger partial charge in [0, 0.05) is 5.56 Å². The van der Waals surface area contributed by atoms with Crippen molar-refractivity contribution in [3.8, 4) is 11.3 Å². The Balaban J connectivity index is 1.77. The minimum Gasteiger partial charge on any atom is -0.439 e. The lowest BCUT2D eigenvalue weighted by Crippen LogP contribution is -2.18. The number of fused-ring (bicyclic) bond motifs is 1. The Kier molecular flexibility index (Phi) is 4.02. The van der Waals surface area contributed by atoms with Gasteiger partial charge in [-0.25, -0.2) is 4.98 Å². The summed E-state index contributed by atoms with van der Waals surface area (Å²) in [5.74, 6) is 2.18. The van der Waals surface area contributed by atoms with Crippen molar-refractivity contribution in [2.45, 2.75) is 20.4 Å². The van der Waals surface area contributed by atoms with Gasteiger partial charge in [-0.05, 0) is 29.3 Å². The summed E-state index contributed by atoms with van der Waals surface area (Å²) >= 11 is 0. The summed E-state index contributed by atoms with van der Waals surface area (Å²) in [5.41, 5.74) is 1.07. The van der Waals surface area contributed by atoms with Crippen LogP contribution in [0.3, 0.4) is 0 Å². The van der Waals surface area contributed by atoms with Crippen LogP contribution in [0.4, 0.5) is 0 Å². The summed E-state index contributed by atoms with van der Waals surface area (Å²) < 4.78 is 5.83. The van der Waals surface area contributed by atoms with E-state index in [0.717, 1.165) is 23.8 Å². The summed E-state index contributed by atoms with van der Waals surface area (Å²) in [6, 6.07) is 14.7. The lowest BCUT2D eigenvalue weighted by atomic mass is 10.1. The smallest absolute Gasteiger partial charge is 0.208 e. The van der Waals surface area contributed by atoms with Gasteiger partial charge < -0.3 is 9.73 Å². The van der Waals surface area contributed by atoms with Gasteiger partial charge in [-0.1, -0.05) is 50.2 Å². The lowest BCUT2D eigenvalue weighted by Gasteiger charge is -2.04. The molecule has 0 atom stereocenters. The van der Waals surface area contributed by atoms with Crippen LogP contribution in [0.15, 0.2) is 53.1 Å². The van der Waals surface area contributed by atoms with E-state index >= 15 is 0 Å². The highest BCUT2D eigenvalue weighted by atomic mass is 16.4. The molecule has 0 spiro atoms. The lowest BCUT2D eigenvalue weighted by molar-refractivity contribution is 0.459. The Morgan fingerprint density at radius 1 is 1.10 bits per heavy atom. The Labute approximate surface area is 125 Å². The van der Waals surface area contributed by atoms with Crippen LogP contribution in [-0.4, -0.2) is 11.5 Å². The fourth-order valence-corrected chi connectivity index (χ4v) is 2.34. The number of nitrogens with one attached hydrogen (secondary N) is 1. The maximum absolute atomic E-state index is 5.83. The van der Waals surface area contributed by atoms with Crippen molar-refractivity contribution < 1.29 is 4.42 Å². The number of rotatable bonds is 5. The van der Waals surface area contributed by atoms with Gasteiger partial charge in [0.1, 0.15) is 0 Å². The third-order valence-corrected chi connectivity index (χ3v) is 3.42. The monoisotopic (exact) mass is 280 g/mol. The molecule has 1 aromatic heterocycles. The molecule has 108 valence electrons. The molecule has 3 aromatic rings. The zero-order valence-corrected chi connectivity index (χ0v) is 12.5. The first-order chi connectivity index (χ1) is 10.2. The van der Waals surface area contributed by atoms with Crippen molar-refractivity contribution in [2.75, 3.05) is 6.54 Å². The molecule has 0 amide bonds. The molecular formula is C18H20N2O. The molecule has 0 unspecified atom stereocenters. The fraction of sp³-hybridized carbons (Fsp3) is 0.278. The quantitative estimate of drug-likeness (QED) is 0.759. The van der Waals surface area contributed by atoms with Crippen LogP contribution in [0.2, 0.25) is 0 Å². The molecule has 0 aliphatic carbocycles. The molecule has 0 saturated heterocycles. The molecule has 2 aromatic carbocycles. The Morgan fingerprint density at radius 3 is 2.71 bits per heavy atom. The second-order valence-electron chi connectivity index (χ2n) is 5.70. The van der Waals surface area contributed by atoms with E-state index in [2.05, 4.69) is 60.5 Å². The molecule has 0 bridgehead atoms. The van der Waals surface area contributed by atoms with Crippen molar-refractivity contribution in [3.63, 3.8) is 0 Å². The Hall–Kier alpha value is -2.13. The van der Waals surface area contributed by atoms with Crippen molar-refractivity contribution in [2.24, 2.45) is 5.92 Å². The molecule has 0 fully saturated rings. The number of nitrogens with zero attached hydrogens (tertiary/aromatic N) is 1. The highest BCUT2D eigenvalue weighted by Crippen LogP contribution is 2.25. The van der Waals surface area contributed by atoms with Gasteiger partial charge >= 0.3 is 0 Å². The van der Waals surface area contributed by atoms with Gasteiger partial charge in [-0.2, -0.15) is 0 Å². The van der Waals surface area contributed by atoms with Crippen molar-refractivity contribution in [3.05, 3.63) is 54.6 Å². The van der Waals surface area contributed by atoms with Crippen molar-refractivity contribution in [1.82, 2.24) is 10.3 Å². The number of hydrogen-bond acceptors (Lipinski definition) is 3. The molecule has 0 aliphatic rings. The standard InChI is InChI=1S/C18H20N2O/c1-13(2)10-19-12-18-20-11-17(21-18)16-8-7-14-5-3-4-6-15(14)9-16/h3-9,11,13,19H,10,12H2,1-2H3. The molecule has 0 radical (unpaired) electrons. The maximum atomic E-state index is 5.83. The van der Waals surface area contributed by atoms with E-state index in [4.69, 9.17) is 4.42 Å². The van der Waals surface area contributed by atoms with Crippen LogP contribution in [0.1, 0.15) is 19.7 Å². The summed E-state index contributed by atoms with van der Waals surface area (Å²) in [4.78, 5) is 4.34. The molecule has 1 N–H and O–H groups in total. The first kappa shape index (κ1) is 13.8. The average molecular weight is 280 g/mol. The third-order valence-electron chi connectivity index (χ3n) is 3.42. The first-order valence-electron chi connectivity index (χ1n) is 7.37.